The molecule has 1 N–H and O–H groups in total. The Balaban J connectivity index is 1.97. The maximum Gasteiger partial charge on any atom is 0.304 e. The van der Waals surface area contributed by atoms with E-state index in [4.69, 9.17) is 5.11 Å². The van der Waals surface area contributed by atoms with Crippen molar-refractivity contribution in [3.05, 3.63) is 17.5 Å². The van der Waals surface area contributed by atoms with Crippen LogP contribution in [0.4, 0.5) is 0 Å². The van der Waals surface area contributed by atoms with Gasteiger partial charge in [0.1, 0.15) is 0 Å². The van der Waals surface area contributed by atoms with Crippen LogP contribution in [0.2, 0.25) is 0 Å². The molecule has 82 valence electrons. The molecule has 2 heterocycles. The predicted molar refractivity (Wildman–Crippen MR) is 54.3 cm³/mol. The number of hydrogen-bond donors (Lipinski definition) is 1. The van der Waals surface area contributed by atoms with Gasteiger partial charge in [0.05, 0.1) is 18.3 Å². The highest BCUT2D eigenvalue weighted by molar-refractivity contribution is 5.66. The molecule has 5 heteroatoms. The maximum absolute atomic E-state index is 10.4. The first-order chi connectivity index (χ1) is 7.20. The zero-order valence-corrected chi connectivity index (χ0v) is 8.81. The van der Waals surface area contributed by atoms with Crippen molar-refractivity contribution < 1.29 is 9.90 Å². The molecule has 0 atom stereocenters. The number of nitrogens with zero attached hydrogens (tertiary/aromatic N) is 3. The second-order valence-corrected chi connectivity index (χ2v) is 3.79. The number of carboxylic acid groups (broad SMARTS) is 1. The van der Waals surface area contributed by atoms with Gasteiger partial charge < -0.3 is 5.11 Å². The largest absolute Gasteiger partial charge is 0.481 e. The normalized spacial score (nSPS) is 15.5. The Hall–Kier alpha value is -1.36. The summed E-state index contributed by atoms with van der Waals surface area (Å²) in [6, 6.07) is 0. The van der Waals surface area contributed by atoms with Crippen molar-refractivity contribution in [2.45, 2.75) is 33.0 Å². The van der Waals surface area contributed by atoms with Crippen molar-refractivity contribution >= 4 is 5.97 Å². The molecule has 0 saturated heterocycles. The molecule has 2 rings (SSSR count). The van der Waals surface area contributed by atoms with Crippen LogP contribution < -0.4 is 0 Å². The molecule has 0 spiro atoms. The summed E-state index contributed by atoms with van der Waals surface area (Å²) in [5.74, 6) is -0.733. The van der Waals surface area contributed by atoms with E-state index in [0.29, 0.717) is 6.54 Å². The maximum atomic E-state index is 10.4. The van der Waals surface area contributed by atoms with E-state index in [1.54, 1.807) is 0 Å². The Labute approximate surface area is 88.3 Å². The highest BCUT2D eigenvalue weighted by Gasteiger charge is 2.22. The minimum absolute atomic E-state index is 0.212. The van der Waals surface area contributed by atoms with Gasteiger partial charge in [-0.25, -0.2) is 0 Å². The van der Waals surface area contributed by atoms with E-state index < -0.39 is 5.97 Å². The molecule has 0 amide bonds. The average molecular weight is 209 g/mol. The first-order valence-corrected chi connectivity index (χ1v) is 5.18. The first kappa shape index (κ1) is 10.2. The third-order valence-corrected chi connectivity index (χ3v) is 2.74. The van der Waals surface area contributed by atoms with E-state index >= 15 is 0 Å². The fourth-order valence-corrected chi connectivity index (χ4v) is 1.96. The monoisotopic (exact) mass is 209 g/mol. The Morgan fingerprint density at radius 2 is 2.40 bits per heavy atom. The predicted octanol–water partition coefficient (Wildman–Crippen LogP) is 0.693. The summed E-state index contributed by atoms with van der Waals surface area (Å²) in [5.41, 5.74) is 2.48. The van der Waals surface area contributed by atoms with Gasteiger partial charge in [-0.1, -0.05) is 0 Å². The Morgan fingerprint density at radius 3 is 3.07 bits per heavy atom. The van der Waals surface area contributed by atoms with Crippen molar-refractivity contribution in [1.29, 1.82) is 0 Å². The standard InChI is InChI=1S/C10H15N3O2/c1-2-13-9-7-12(4-3-10(14)15)6-8(9)5-11-13/h5H,2-4,6-7H2,1H3,(H,14,15). The molecule has 1 aliphatic heterocycles. The van der Waals surface area contributed by atoms with Crippen molar-refractivity contribution in [2.24, 2.45) is 0 Å². The summed E-state index contributed by atoms with van der Waals surface area (Å²) < 4.78 is 1.98. The molecule has 0 unspecified atom stereocenters. The summed E-state index contributed by atoms with van der Waals surface area (Å²) >= 11 is 0. The third kappa shape index (κ3) is 2.02. The van der Waals surface area contributed by atoms with E-state index in [0.717, 1.165) is 19.6 Å². The lowest BCUT2D eigenvalue weighted by Crippen LogP contribution is -2.21. The lowest BCUT2D eigenvalue weighted by atomic mass is 10.3. The molecular weight excluding hydrogens is 194 g/mol. The minimum atomic E-state index is -0.733. The molecule has 0 aliphatic carbocycles. The summed E-state index contributed by atoms with van der Waals surface area (Å²) in [6.07, 6.45) is 2.10. The molecule has 0 fully saturated rings. The van der Waals surface area contributed by atoms with Gasteiger partial charge in [-0.2, -0.15) is 5.10 Å². The van der Waals surface area contributed by atoms with Crippen LogP contribution in [0.1, 0.15) is 24.6 Å². The topological polar surface area (TPSA) is 58.4 Å². The van der Waals surface area contributed by atoms with Crippen LogP contribution in [0.15, 0.2) is 6.20 Å². The molecule has 1 aromatic rings. The summed E-state index contributed by atoms with van der Waals surface area (Å²) in [7, 11) is 0. The number of carboxylic acids is 1. The van der Waals surface area contributed by atoms with Crippen LogP contribution in [0.25, 0.3) is 0 Å². The number of rotatable bonds is 4. The van der Waals surface area contributed by atoms with Crippen molar-refractivity contribution in [3.63, 3.8) is 0 Å². The van der Waals surface area contributed by atoms with E-state index in [-0.39, 0.29) is 6.42 Å². The van der Waals surface area contributed by atoms with Crippen molar-refractivity contribution in [2.75, 3.05) is 6.54 Å². The first-order valence-electron chi connectivity index (χ1n) is 5.18. The summed E-state index contributed by atoms with van der Waals surface area (Å²) in [5, 5.41) is 12.9. The number of aliphatic carboxylic acids is 1. The van der Waals surface area contributed by atoms with Gasteiger partial charge in [0.25, 0.3) is 0 Å². The fourth-order valence-electron chi connectivity index (χ4n) is 1.96. The van der Waals surface area contributed by atoms with Crippen LogP contribution in [0, 0.1) is 0 Å². The fraction of sp³-hybridized carbons (Fsp3) is 0.600. The molecule has 15 heavy (non-hydrogen) atoms. The lowest BCUT2D eigenvalue weighted by molar-refractivity contribution is -0.137. The number of fused-ring (bicyclic) bond motifs is 1. The second-order valence-electron chi connectivity index (χ2n) is 3.79. The van der Waals surface area contributed by atoms with E-state index in [2.05, 4.69) is 16.9 Å². The molecule has 1 aromatic heterocycles. The molecule has 0 aromatic carbocycles. The van der Waals surface area contributed by atoms with Crippen molar-refractivity contribution in [1.82, 2.24) is 14.7 Å². The summed E-state index contributed by atoms with van der Waals surface area (Å²) in [4.78, 5) is 12.6. The minimum Gasteiger partial charge on any atom is -0.481 e. The zero-order chi connectivity index (χ0) is 10.8. The summed E-state index contributed by atoms with van der Waals surface area (Å²) in [6.45, 7) is 5.22. The SMILES string of the molecule is CCn1ncc2c1CN(CCC(=O)O)C2. The molecule has 0 radical (unpaired) electrons. The number of carbonyl (C=O) groups is 1. The number of aromatic nitrogens is 2. The van der Waals surface area contributed by atoms with Gasteiger partial charge >= 0.3 is 5.97 Å². The Bertz CT molecular complexity index is 373. The van der Waals surface area contributed by atoms with Gasteiger partial charge in [-0.3, -0.25) is 14.4 Å². The quantitative estimate of drug-likeness (QED) is 0.792. The molecule has 0 saturated carbocycles. The van der Waals surface area contributed by atoms with Gasteiger partial charge in [0.2, 0.25) is 0 Å². The van der Waals surface area contributed by atoms with Gasteiger partial charge in [0.15, 0.2) is 0 Å². The average Bonchev–Trinajstić information content (AvgIpc) is 2.72. The lowest BCUT2D eigenvalue weighted by Gasteiger charge is -2.13. The molecule has 1 aliphatic rings. The molecule has 5 nitrogen and oxygen atoms in total. The highest BCUT2D eigenvalue weighted by Crippen LogP contribution is 2.22. The van der Waals surface area contributed by atoms with Crippen LogP contribution >= 0.6 is 0 Å². The van der Waals surface area contributed by atoms with Crippen LogP contribution in [-0.4, -0.2) is 32.3 Å². The second kappa shape index (κ2) is 4.02. The third-order valence-electron chi connectivity index (χ3n) is 2.74. The Kier molecular flexibility index (Phi) is 2.73. The number of hydrogen-bond acceptors (Lipinski definition) is 3. The van der Waals surface area contributed by atoms with Gasteiger partial charge in [-0.05, 0) is 6.92 Å². The van der Waals surface area contributed by atoms with E-state index in [1.807, 2.05) is 10.9 Å². The zero-order valence-electron chi connectivity index (χ0n) is 8.81. The van der Waals surface area contributed by atoms with Crippen molar-refractivity contribution in [3.8, 4) is 0 Å². The van der Waals surface area contributed by atoms with Gasteiger partial charge in [-0.15, -0.1) is 0 Å². The van der Waals surface area contributed by atoms with E-state index in [9.17, 15) is 4.79 Å². The molecular formula is C10H15N3O2. The van der Waals surface area contributed by atoms with E-state index in [1.165, 1.54) is 11.3 Å². The van der Waals surface area contributed by atoms with Crippen LogP contribution in [-0.2, 0) is 24.4 Å². The highest BCUT2D eigenvalue weighted by atomic mass is 16.4. The Morgan fingerprint density at radius 1 is 1.60 bits per heavy atom. The number of aryl methyl sites for hydroxylation is 1. The van der Waals surface area contributed by atoms with Crippen LogP contribution in [0.5, 0.6) is 0 Å². The smallest absolute Gasteiger partial charge is 0.304 e. The molecule has 0 bridgehead atoms. The van der Waals surface area contributed by atoms with Crippen LogP contribution in [0.3, 0.4) is 0 Å². The van der Waals surface area contributed by atoms with Gasteiger partial charge in [0, 0.05) is 31.7 Å².